The van der Waals surface area contributed by atoms with Crippen molar-refractivity contribution in [2.24, 2.45) is 5.41 Å². The van der Waals surface area contributed by atoms with Crippen molar-refractivity contribution in [1.82, 2.24) is 35.1 Å². The number of nitrogens with zero attached hydrogens (tertiary/aromatic N) is 6. The van der Waals surface area contributed by atoms with Gasteiger partial charge in [-0.25, -0.2) is 9.67 Å². The molecule has 0 aliphatic heterocycles. The first-order valence-electron chi connectivity index (χ1n) is 8.49. The van der Waals surface area contributed by atoms with Gasteiger partial charge in [0, 0.05) is 18.9 Å². The number of aromatic nitrogens is 6. The van der Waals surface area contributed by atoms with Crippen LogP contribution in [0.5, 0.6) is 0 Å². The first-order valence-corrected chi connectivity index (χ1v) is 8.49. The van der Waals surface area contributed by atoms with Gasteiger partial charge < -0.3 is 9.88 Å². The van der Waals surface area contributed by atoms with Gasteiger partial charge in [-0.1, -0.05) is 32.9 Å². The molecule has 8 heteroatoms. The summed E-state index contributed by atoms with van der Waals surface area (Å²) in [6.45, 7) is 7.05. The Bertz CT molecular complexity index is 818. The largest absolute Gasteiger partial charge is 0.351 e. The molecule has 8 nitrogen and oxygen atoms in total. The molecule has 2 heterocycles. The Morgan fingerprint density at radius 2 is 1.96 bits per heavy atom. The van der Waals surface area contributed by atoms with Crippen LogP contribution in [0.4, 0.5) is 0 Å². The van der Waals surface area contributed by atoms with Gasteiger partial charge in [-0.15, -0.1) is 5.10 Å². The first kappa shape index (κ1) is 17.8. The molecule has 26 heavy (non-hydrogen) atoms. The number of rotatable bonds is 6. The van der Waals surface area contributed by atoms with Crippen LogP contribution in [0.25, 0.3) is 5.69 Å². The highest BCUT2D eigenvalue weighted by Gasteiger charge is 2.26. The highest BCUT2D eigenvalue weighted by molar-refractivity contribution is 5.79. The molecule has 136 valence electrons. The monoisotopic (exact) mass is 353 g/mol. The van der Waals surface area contributed by atoms with Gasteiger partial charge in [0.2, 0.25) is 5.91 Å². The van der Waals surface area contributed by atoms with Crippen molar-refractivity contribution in [2.45, 2.75) is 39.8 Å². The number of hydrogen-bond donors (Lipinski definition) is 1. The minimum Gasteiger partial charge on any atom is -0.351 e. The summed E-state index contributed by atoms with van der Waals surface area (Å²) >= 11 is 0. The zero-order chi connectivity index (χ0) is 18.6. The maximum atomic E-state index is 12.5. The van der Waals surface area contributed by atoms with Gasteiger partial charge in [-0.05, 0) is 33.5 Å². The molecule has 0 radical (unpaired) electrons. The van der Waals surface area contributed by atoms with E-state index >= 15 is 0 Å². The van der Waals surface area contributed by atoms with Gasteiger partial charge in [-0.2, -0.15) is 0 Å². The van der Waals surface area contributed by atoms with Crippen molar-refractivity contribution >= 4 is 5.91 Å². The Kier molecular flexibility index (Phi) is 5.11. The molecule has 0 aliphatic rings. The average Bonchev–Trinajstić information content (AvgIpc) is 3.28. The molecular weight excluding hydrogens is 330 g/mol. The lowest BCUT2D eigenvalue weighted by molar-refractivity contribution is -0.122. The van der Waals surface area contributed by atoms with E-state index < -0.39 is 0 Å². The summed E-state index contributed by atoms with van der Waals surface area (Å²) in [6, 6.07) is 7.62. The second-order valence-corrected chi connectivity index (χ2v) is 7.34. The van der Waals surface area contributed by atoms with Crippen LogP contribution in [0, 0.1) is 5.41 Å². The maximum absolute atomic E-state index is 12.5. The summed E-state index contributed by atoms with van der Waals surface area (Å²) in [5.74, 6) is 0.000197. The van der Waals surface area contributed by atoms with Gasteiger partial charge in [0.25, 0.3) is 0 Å². The number of nitrogens with one attached hydrogen (secondary N) is 1. The van der Waals surface area contributed by atoms with E-state index in [1.54, 1.807) is 17.2 Å². The summed E-state index contributed by atoms with van der Waals surface area (Å²) < 4.78 is 3.56. The summed E-state index contributed by atoms with van der Waals surface area (Å²) in [5.41, 5.74) is 1.73. The average molecular weight is 353 g/mol. The van der Waals surface area contributed by atoms with Crippen molar-refractivity contribution in [3.05, 3.63) is 54.9 Å². The van der Waals surface area contributed by atoms with E-state index in [0.29, 0.717) is 13.0 Å². The number of benzene rings is 1. The van der Waals surface area contributed by atoms with Crippen LogP contribution in [0.1, 0.15) is 26.3 Å². The molecule has 0 bridgehead atoms. The molecule has 0 unspecified atom stereocenters. The van der Waals surface area contributed by atoms with Gasteiger partial charge in [0.05, 0.1) is 24.5 Å². The third-order valence-corrected chi connectivity index (χ3v) is 4.25. The molecule has 1 N–H and O–H groups in total. The molecule has 0 saturated carbocycles. The highest BCUT2D eigenvalue weighted by Crippen LogP contribution is 2.21. The first-order chi connectivity index (χ1) is 12.4. The second-order valence-electron chi connectivity index (χ2n) is 7.34. The number of carbonyl (C=O) groups is 1. The quantitative estimate of drug-likeness (QED) is 0.727. The Morgan fingerprint density at radius 3 is 2.54 bits per heavy atom. The van der Waals surface area contributed by atoms with E-state index in [2.05, 4.69) is 46.6 Å². The summed E-state index contributed by atoms with van der Waals surface area (Å²) in [7, 11) is 0. The molecule has 0 spiro atoms. The zero-order valence-electron chi connectivity index (χ0n) is 15.2. The van der Waals surface area contributed by atoms with E-state index in [0.717, 1.165) is 11.3 Å². The van der Waals surface area contributed by atoms with E-state index in [-0.39, 0.29) is 17.4 Å². The minimum absolute atomic E-state index is 0.000197. The van der Waals surface area contributed by atoms with Gasteiger partial charge >= 0.3 is 0 Å². The zero-order valence-corrected chi connectivity index (χ0v) is 15.2. The number of tetrazole rings is 1. The van der Waals surface area contributed by atoms with Crippen molar-refractivity contribution < 1.29 is 4.79 Å². The molecule has 1 aromatic carbocycles. The minimum atomic E-state index is -0.0656. The molecule has 2 aromatic heterocycles. The predicted octanol–water partition coefficient (Wildman–Crippen LogP) is 1.63. The second kappa shape index (κ2) is 7.47. The predicted molar refractivity (Wildman–Crippen MR) is 96.5 cm³/mol. The molecule has 0 fully saturated rings. The Hall–Kier alpha value is -3.03. The summed E-state index contributed by atoms with van der Waals surface area (Å²) in [4.78, 5) is 16.6. The normalized spacial score (nSPS) is 12.7. The van der Waals surface area contributed by atoms with Crippen LogP contribution in [0.3, 0.4) is 0 Å². The van der Waals surface area contributed by atoms with Crippen LogP contribution < -0.4 is 5.32 Å². The smallest absolute Gasteiger partial charge is 0.224 e. The lowest BCUT2D eigenvalue weighted by Gasteiger charge is -2.31. The van der Waals surface area contributed by atoms with Crippen LogP contribution in [0.2, 0.25) is 0 Å². The van der Waals surface area contributed by atoms with Gasteiger partial charge in [-0.3, -0.25) is 4.79 Å². The van der Waals surface area contributed by atoms with Crippen molar-refractivity contribution in [1.29, 1.82) is 0 Å². The fourth-order valence-electron chi connectivity index (χ4n) is 2.62. The van der Waals surface area contributed by atoms with Gasteiger partial charge in [0.15, 0.2) is 0 Å². The van der Waals surface area contributed by atoms with Crippen LogP contribution in [-0.2, 0) is 17.8 Å². The van der Waals surface area contributed by atoms with Crippen LogP contribution >= 0.6 is 0 Å². The third-order valence-electron chi connectivity index (χ3n) is 4.25. The third kappa shape index (κ3) is 4.53. The van der Waals surface area contributed by atoms with Crippen molar-refractivity contribution in [2.75, 3.05) is 0 Å². The summed E-state index contributed by atoms with van der Waals surface area (Å²) in [5, 5.41) is 14.2. The molecule has 0 saturated heterocycles. The van der Waals surface area contributed by atoms with Gasteiger partial charge in [0.1, 0.15) is 6.33 Å². The van der Waals surface area contributed by atoms with E-state index in [1.807, 2.05) is 35.0 Å². The van der Waals surface area contributed by atoms with Crippen molar-refractivity contribution in [3.63, 3.8) is 0 Å². The molecule has 1 amide bonds. The lowest BCUT2D eigenvalue weighted by Crippen LogP contribution is -2.46. The van der Waals surface area contributed by atoms with Crippen LogP contribution in [-0.4, -0.2) is 41.7 Å². The van der Waals surface area contributed by atoms with E-state index in [9.17, 15) is 4.79 Å². The topological polar surface area (TPSA) is 90.5 Å². The van der Waals surface area contributed by atoms with Crippen LogP contribution in [0.15, 0.2) is 49.3 Å². The fraction of sp³-hybridized carbons (Fsp3) is 0.389. The molecule has 3 aromatic rings. The maximum Gasteiger partial charge on any atom is 0.224 e. The fourth-order valence-corrected chi connectivity index (χ4v) is 2.62. The Labute approximate surface area is 152 Å². The van der Waals surface area contributed by atoms with Crippen molar-refractivity contribution in [3.8, 4) is 5.69 Å². The number of hydrogen-bond acceptors (Lipinski definition) is 5. The SMILES string of the molecule is CC(C)(C)[C@@H](Cn1ccnc1)NC(=O)Cc1ccc(-n2cnnn2)cc1. The van der Waals surface area contributed by atoms with E-state index in [4.69, 9.17) is 0 Å². The molecule has 1 atom stereocenters. The highest BCUT2D eigenvalue weighted by atomic mass is 16.1. The number of imidazole rings is 1. The Balaban J connectivity index is 1.62. The number of amides is 1. The Morgan fingerprint density at radius 1 is 1.19 bits per heavy atom. The molecule has 3 rings (SSSR count). The molecule has 0 aliphatic carbocycles. The lowest BCUT2D eigenvalue weighted by atomic mass is 9.86. The van der Waals surface area contributed by atoms with E-state index in [1.165, 1.54) is 6.33 Å². The standard InChI is InChI=1S/C18H23N7O/c1-18(2,3)16(11-24-9-8-19-12-24)21-17(26)10-14-4-6-15(7-5-14)25-13-20-22-23-25/h4-9,12-13,16H,10-11H2,1-3H3,(H,21,26)/t16-/m1/s1. The molecular formula is C18H23N7O. The number of carbonyl (C=O) groups excluding carboxylic acids is 1. The summed E-state index contributed by atoms with van der Waals surface area (Å²) in [6.07, 6.45) is 7.27.